The minimum Gasteiger partial charge on any atom is -0.469 e. The molecule has 0 radical (unpaired) electrons. The number of hydrogen-bond acceptors (Lipinski definition) is 3. The average molecular weight is 409 g/mol. The van der Waals surface area contributed by atoms with E-state index >= 15 is 0 Å². The van der Waals surface area contributed by atoms with E-state index in [4.69, 9.17) is 4.42 Å². The zero-order chi connectivity index (χ0) is 14.8. The predicted molar refractivity (Wildman–Crippen MR) is 97.3 cm³/mol. The number of furan rings is 1. The Bertz CT molecular complexity index is 390. The van der Waals surface area contributed by atoms with Crippen molar-refractivity contribution < 1.29 is 9.52 Å². The van der Waals surface area contributed by atoms with E-state index in [1.165, 1.54) is 0 Å². The summed E-state index contributed by atoms with van der Waals surface area (Å²) in [5, 5.41) is 16.7. The Morgan fingerprint density at radius 1 is 1.29 bits per heavy atom. The molecule has 0 aliphatic carbocycles. The van der Waals surface area contributed by atoms with E-state index in [2.05, 4.69) is 15.6 Å². The molecule has 0 aliphatic rings. The molecule has 6 heteroatoms. The van der Waals surface area contributed by atoms with Gasteiger partial charge >= 0.3 is 0 Å². The summed E-state index contributed by atoms with van der Waals surface area (Å²) >= 11 is 0. The molecular formula is C15H28IN3O2. The topological polar surface area (TPSA) is 69.8 Å². The lowest BCUT2D eigenvalue weighted by Crippen LogP contribution is -2.40. The fourth-order valence-electron chi connectivity index (χ4n) is 1.80. The highest BCUT2D eigenvalue weighted by Gasteiger charge is 2.21. The average Bonchev–Trinajstić information content (AvgIpc) is 2.97. The molecule has 1 aromatic rings. The first-order valence-corrected chi connectivity index (χ1v) is 7.40. The van der Waals surface area contributed by atoms with Crippen LogP contribution in [-0.2, 0) is 6.42 Å². The number of aliphatic imine (C=N–C) groups is 1. The standard InChI is InChI=1S/C15H27N3O2.HI/c1-4-15(19,5-2)12-18-14(16-6-3)17-10-9-13-8-7-11-20-13;/h7-8,11,19H,4-6,9-10,12H2,1-3H3,(H2,16,17,18);1H. The lowest BCUT2D eigenvalue weighted by Gasteiger charge is -2.23. The van der Waals surface area contributed by atoms with Gasteiger partial charge in [0.15, 0.2) is 5.96 Å². The summed E-state index contributed by atoms with van der Waals surface area (Å²) in [5.41, 5.74) is -0.705. The first kappa shape index (κ1) is 20.2. The minimum atomic E-state index is -0.705. The lowest BCUT2D eigenvalue weighted by molar-refractivity contribution is 0.0418. The number of hydrogen-bond donors (Lipinski definition) is 3. The van der Waals surface area contributed by atoms with Gasteiger partial charge in [0, 0.05) is 19.5 Å². The molecule has 5 nitrogen and oxygen atoms in total. The summed E-state index contributed by atoms with van der Waals surface area (Å²) in [6.45, 7) is 7.94. The first-order chi connectivity index (χ1) is 9.63. The van der Waals surface area contributed by atoms with Gasteiger partial charge in [0.1, 0.15) is 5.76 Å². The van der Waals surface area contributed by atoms with Gasteiger partial charge in [0.2, 0.25) is 0 Å². The van der Waals surface area contributed by atoms with Crippen molar-refractivity contribution in [2.75, 3.05) is 19.6 Å². The summed E-state index contributed by atoms with van der Waals surface area (Å²) in [6.07, 6.45) is 3.90. The van der Waals surface area contributed by atoms with E-state index in [-0.39, 0.29) is 24.0 Å². The fourth-order valence-corrected chi connectivity index (χ4v) is 1.80. The molecular weight excluding hydrogens is 381 g/mol. The second kappa shape index (κ2) is 10.9. The van der Waals surface area contributed by atoms with Gasteiger partial charge in [-0.15, -0.1) is 24.0 Å². The molecule has 0 fully saturated rings. The van der Waals surface area contributed by atoms with Gasteiger partial charge in [0.05, 0.1) is 18.4 Å². The minimum absolute atomic E-state index is 0. The van der Waals surface area contributed by atoms with Crippen LogP contribution in [0.1, 0.15) is 39.4 Å². The highest BCUT2D eigenvalue weighted by atomic mass is 127. The summed E-state index contributed by atoms with van der Waals surface area (Å²) in [5.74, 6) is 1.69. The Morgan fingerprint density at radius 2 is 2.00 bits per heavy atom. The molecule has 0 saturated heterocycles. The summed E-state index contributed by atoms with van der Waals surface area (Å²) in [7, 11) is 0. The Morgan fingerprint density at radius 3 is 2.52 bits per heavy atom. The third-order valence-electron chi connectivity index (χ3n) is 3.44. The van der Waals surface area contributed by atoms with E-state index in [9.17, 15) is 5.11 Å². The van der Waals surface area contributed by atoms with Crippen LogP contribution < -0.4 is 10.6 Å². The van der Waals surface area contributed by atoms with Crippen LogP contribution in [0.3, 0.4) is 0 Å². The second-order valence-electron chi connectivity index (χ2n) is 4.88. The predicted octanol–water partition coefficient (Wildman–Crippen LogP) is 2.55. The van der Waals surface area contributed by atoms with Crippen LogP contribution in [0.15, 0.2) is 27.8 Å². The van der Waals surface area contributed by atoms with E-state index in [0.717, 1.165) is 31.2 Å². The molecule has 1 aromatic heterocycles. The molecule has 0 unspecified atom stereocenters. The van der Waals surface area contributed by atoms with Gasteiger partial charge in [-0.1, -0.05) is 13.8 Å². The SMILES string of the molecule is CCNC(=NCC(O)(CC)CC)NCCc1ccco1.I. The van der Waals surface area contributed by atoms with E-state index in [1.54, 1.807) is 6.26 Å². The highest BCUT2D eigenvalue weighted by Crippen LogP contribution is 2.14. The van der Waals surface area contributed by atoms with Crippen molar-refractivity contribution in [3.8, 4) is 0 Å². The molecule has 0 spiro atoms. The number of guanidine groups is 1. The van der Waals surface area contributed by atoms with Crippen LogP contribution >= 0.6 is 24.0 Å². The van der Waals surface area contributed by atoms with Gasteiger partial charge < -0.3 is 20.2 Å². The molecule has 3 N–H and O–H groups in total. The van der Waals surface area contributed by atoms with Gasteiger partial charge in [-0.05, 0) is 31.9 Å². The molecule has 21 heavy (non-hydrogen) atoms. The Hall–Kier alpha value is -0.760. The van der Waals surface area contributed by atoms with Crippen LogP contribution in [0.25, 0.3) is 0 Å². The Balaban J connectivity index is 0.00000400. The molecule has 0 amide bonds. The molecule has 1 heterocycles. The van der Waals surface area contributed by atoms with E-state index < -0.39 is 5.60 Å². The fraction of sp³-hybridized carbons (Fsp3) is 0.667. The molecule has 1 rings (SSSR count). The van der Waals surface area contributed by atoms with Crippen molar-refractivity contribution in [3.63, 3.8) is 0 Å². The van der Waals surface area contributed by atoms with Crippen LogP contribution in [-0.4, -0.2) is 36.3 Å². The third-order valence-corrected chi connectivity index (χ3v) is 3.44. The number of rotatable bonds is 8. The largest absolute Gasteiger partial charge is 0.469 e. The number of nitrogens with one attached hydrogen (secondary N) is 2. The molecule has 0 aliphatic heterocycles. The maximum atomic E-state index is 10.2. The normalized spacial score (nSPS) is 11.9. The van der Waals surface area contributed by atoms with Crippen LogP contribution in [0.5, 0.6) is 0 Å². The Kier molecular flexibility index (Phi) is 10.5. The number of halogens is 1. The summed E-state index contributed by atoms with van der Waals surface area (Å²) in [6, 6.07) is 3.84. The van der Waals surface area contributed by atoms with Gasteiger partial charge in [-0.3, -0.25) is 4.99 Å². The van der Waals surface area contributed by atoms with Crippen molar-refractivity contribution in [1.82, 2.24) is 10.6 Å². The lowest BCUT2D eigenvalue weighted by atomic mass is 9.98. The number of nitrogens with zero attached hydrogens (tertiary/aromatic N) is 1. The van der Waals surface area contributed by atoms with Gasteiger partial charge in [-0.25, -0.2) is 0 Å². The van der Waals surface area contributed by atoms with Crippen molar-refractivity contribution in [2.24, 2.45) is 4.99 Å². The zero-order valence-electron chi connectivity index (χ0n) is 13.2. The van der Waals surface area contributed by atoms with Crippen molar-refractivity contribution >= 4 is 29.9 Å². The first-order valence-electron chi connectivity index (χ1n) is 7.40. The van der Waals surface area contributed by atoms with Crippen molar-refractivity contribution in [3.05, 3.63) is 24.2 Å². The maximum absolute atomic E-state index is 10.2. The van der Waals surface area contributed by atoms with Gasteiger partial charge in [0.25, 0.3) is 0 Å². The van der Waals surface area contributed by atoms with E-state index in [0.29, 0.717) is 19.4 Å². The molecule has 0 aromatic carbocycles. The van der Waals surface area contributed by atoms with Crippen LogP contribution in [0.2, 0.25) is 0 Å². The Labute approximate surface area is 144 Å². The molecule has 0 saturated carbocycles. The van der Waals surface area contributed by atoms with Crippen molar-refractivity contribution in [2.45, 2.75) is 45.6 Å². The third kappa shape index (κ3) is 7.71. The molecule has 0 bridgehead atoms. The summed E-state index contributed by atoms with van der Waals surface area (Å²) < 4.78 is 5.28. The smallest absolute Gasteiger partial charge is 0.191 e. The quantitative estimate of drug-likeness (QED) is 0.351. The second-order valence-corrected chi connectivity index (χ2v) is 4.88. The van der Waals surface area contributed by atoms with E-state index in [1.807, 2.05) is 32.9 Å². The molecule has 122 valence electrons. The van der Waals surface area contributed by atoms with Crippen molar-refractivity contribution in [1.29, 1.82) is 0 Å². The number of aliphatic hydroxyl groups is 1. The molecule has 0 atom stereocenters. The van der Waals surface area contributed by atoms with Crippen LogP contribution in [0.4, 0.5) is 0 Å². The summed E-state index contributed by atoms with van der Waals surface area (Å²) in [4.78, 5) is 4.46. The van der Waals surface area contributed by atoms with Crippen LogP contribution in [0, 0.1) is 0 Å². The maximum Gasteiger partial charge on any atom is 0.191 e. The highest BCUT2D eigenvalue weighted by molar-refractivity contribution is 14.0. The zero-order valence-corrected chi connectivity index (χ0v) is 15.5. The monoisotopic (exact) mass is 409 g/mol. The van der Waals surface area contributed by atoms with Gasteiger partial charge in [-0.2, -0.15) is 0 Å².